The summed E-state index contributed by atoms with van der Waals surface area (Å²) >= 11 is 16.4. The summed E-state index contributed by atoms with van der Waals surface area (Å²) in [5.41, 5.74) is -0.139. The van der Waals surface area contributed by atoms with Crippen LogP contribution in [-0.4, -0.2) is 65.2 Å². The molecule has 0 saturated carbocycles. The molecular weight excluding hydrogens is 695 g/mol. The molecule has 3 aromatic carbocycles. The number of fused-ring (bicyclic) bond motifs is 2. The number of carbonyl (C=O) groups is 4. The number of piperidine rings is 1. The van der Waals surface area contributed by atoms with Gasteiger partial charge in [0.15, 0.2) is 5.60 Å². The first kappa shape index (κ1) is 32.3. The minimum absolute atomic E-state index is 0.0264. The minimum atomic E-state index is -1.32. The molecule has 12 heteroatoms. The molecule has 240 valence electrons. The number of benzene rings is 3. The Hall–Kier alpha value is -3.60. The molecule has 0 aliphatic carbocycles. The average Bonchev–Trinajstić information content (AvgIpc) is 3.29. The number of amides is 4. The van der Waals surface area contributed by atoms with Gasteiger partial charge in [-0.1, -0.05) is 57.3 Å². The van der Waals surface area contributed by atoms with Crippen LogP contribution in [0.3, 0.4) is 0 Å². The molecule has 4 amide bonds. The van der Waals surface area contributed by atoms with E-state index in [9.17, 15) is 19.2 Å². The largest absolute Gasteiger partial charge is 0.478 e. The maximum Gasteiger partial charge on any atom is 0.266 e. The zero-order chi connectivity index (χ0) is 33.0. The van der Waals surface area contributed by atoms with Crippen molar-refractivity contribution in [1.82, 2.24) is 15.1 Å². The number of hydrogen-bond donors (Lipinski definition) is 2. The number of halogens is 3. The molecule has 2 saturated heterocycles. The highest BCUT2D eigenvalue weighted by Crippen LogP contribution is 2.58. The topological polar surface area (TPSA) is 108 Å². The Morgan fingerprint density at radius 3 is 2.35 bits per heavy atom. The summed E-state index contributed by atoms with van der Waals surface area (Å²) in [6, 6.07) is 16.9. The third-order valence-electron chi connectivity index (χ3n) is 9.18. The van der Waals surface area contributed by atoms with E-state index in [-0.39, 0.29) is 30.0 Å². The molecule has 6 rings (SSSR count). The summed E-state index contributed by atoms with van der Waals surface area (Å²) in [6.07, 6.45) is 0.0345. The van der Waals surface area contributed by atoms with E-state index in [0.717, 1.165) is 5.56 Å². The number of hydrogen-bond acceptors (Lipinski definition) is 5. The monoisotopic (exact) mass is 726 g/mol. The van der Waals surface area contributed by atoms with E-state index >= 15 is 0 Å². The van der Waals surface area contributed by atoms with Crippen molar-refractivity contribution in [2.45, 2.75) is 50.2 Å². The van der Waals surface area contributed by atoms with Crippen molar-refractivity contribution in [3.63, 3.8) is 0 Å². The van der Waals surface area contributed by atoms with Gasteiger partial charge in [-0.3, -0.25) is 19.2 Å². The highest BCUT2D eigenvalue weighted by Gasteiger charge is 2.61. The third kappa shape index (κ3) is 5.65. The highest BCUT2D eigenvalue weighted by molar-refractivity contribution is 9.10. The molecule has 2 unspecified atom stereocenters. The molecule has 2 N–H and O–H groups in total. The summed E-state index contributed by atoms with van der Waals surface area (Å²) < 4.78 is 7.25. The summed E-state index contributed by atoms with van der Waals surface area (Å²) in [7, 11) is 0. The SMILES string of the molecule is CC(=O)N1CCN(C(=O)C(C)(C)Oc2ccc(Br)cc2C2NC(=O)C[C@H](c3cccc(Cl)c3)C23C(=O)Nc2cc(Cl)ccc23)CC1. The van der Waals surface area contributed by atoms with E-state index in [1.54, 1.807) is 66.1 Å². The van der Waals surface area contributed by atoms with E-state index < -0.39 is 23.0 Å². The second-order valence-corrected chi connectivity index (χ2v) is 14.2. The summed E-state index contributed by atoms with van der Waals surface area (Å²) in [5, 5.41) is 7.11. The van der Waals surface area contributed by atoms with Crippen LogP contribution in [0, 0.1) is 0 Å². The standard InChI is InChI=1S/C34H33BrCl2N4O5/c1-19(42)40-11-13-41(14-12-40)32(45)33(2,3)46-28-10-7-21(35)16-24(28)30-34(25-9-8-23(37)17-27(25)38-31(34)44)26(18-29(43)39-30)20-5-4-6-22(36)15-20/h4-10,15-17,26,30H,11-14,18H2,1-3H3,(H,38,44)(H,39,43)/t26-,30?,34?/m1/s1. The van der Waals surface area contributed by atoms with Crippen LogP contribution in [0.1, 0.15) is 55.8 Å². The van der Waals surface area contributed by atoms with E-state index in [1.807, 2.05) is 18.2 Å². The smallest absolute Gasteiger partial charge is 0.266 e. The van der Waals surface area contributed by atoms with E-state index in [1.165, 1.54) is 6.92 Å². The Bertz CT molecular complexity index is 1760. The van der Waals surface area contributed by atoms with Crippen molar-refractivity contribution in [2.24, 2.45) is 0 Å². The Kier molecular flexibility index (Phi) is 8.58. The van der Waals surface area contributed by atoms with Gasteiger partial charge >= 0.3 is 0 Å². The molecule has 0 radical (unpaired) electrons. The fraction of sp³-hybridized carbons (Fsp3) is 0.353. The van der Waals surface area contributed by atoms with Gasteiger partial charge in [0.1, 0.15) is 11.2 Å². The summed E-state index contributed by atoms with van der Waals surface area (Å²) in [6.45, 7) is 6.58. The average molecular weight is 728 g/mol. The minimum Gasteiger partial charge on any atom is -0.478 e. The molecule has 3 atom stereocenters. The van der Waals surface area contributed by atoms with E-state index in [2.05, 4.69) is 26.6 Å². The van der Waals surface area contributed by atoms with E-state index in [4.69, 9.17) is 27.9 Å². The van der Waals surface area contributed by atoms with Crippen LogP contribution in [0.4, 0.5) is 5.69 Å². The normalized spacial score (nSPS) is 22.7. The van der Waals surface area contributed by atoms with Crippen LogP contribution in [0.15, 0.2) is 65.1 Å². The quantitative estimate of drug-likeness (QED) is 0.344. The van der Waals surface area contributed by atoms with Gasteiger partial charge in [-0.15, -0.1) is 0 Å². The Balaban J connectivity index is 1.46. The third-order valence-corrected chi connectivity index (χ3v) is 10.1. The lowest BCUT2D eigenvalue weighted by Gasteiger charge is -2.47. The lowest BCUT2D eigenvalue weighted by molar-refractivity contribution is -0.149. The van der Waals surface area contributed by atoms with Crippen LogP contribution < -0.4 is 15.4 Å². The second-order valence-electron chi connectivity index (χ2n) is 12.4. The van der Waals surface area contributed by atoms with Gasteiger partial charge in [0.05, 0.1) is 6.04 Å². The number of piperazine rings is 1. The van der Waals surface area contributed by atoms with Gasteiger partial charge in [-0.05, 0) is 67.4 Å². The highest BCUT2D eigenvalue weighted by atomic mass is 79.9. The number of ether oxygens (including phenoxy) is 1. The fourth-order valence-electron chi connectivity index (χ4n) is 7.03. The molecule has 3 heterocycles. The second kappa shape index (κ2) is 12.2. The van der Waals surface area contributed by atoms with Crippen LogP contribution in [0.5, 0.6) is 5.75 Å². The number of anilines is 1. The first-order chi connectivity index (χ1) is 21.8. The van der Waals surface area contributed by atoms with Crippen molar-refractivity contribution in [2.75, 3.05) is 31.5 Å². The lowest BCUT2D eigenvalue weighted by Crippen LogP contribution is -2.57. The molecule has 0 bridgehead atoms. The molecule has 3 aliphatic heterocycles. The number of nitrogens with zero attached hydrogens (tertiary/aromatic N) is 2. The van der Waals surface area contributed by atoms with Crippen molar-refractivity contribution in [1.29, 1.82) is 0 Å². The van der Waals surface area contributed by atoms with Crippen LogP contribution in [0.25, 0.3) is 0 Å². The Labute approximate surface area is 285 Å². The predicted molar refractivity (Wildman–Crippen MR) is 179 cm³/mol. The molecule has 3 aromatic rings. The number of nitrogens with one attached hydrogen (secondary N) is 2. The maximum absolute atomic E-state index is 14.5. The summed E-state index contributed by atoms with van der Waals surface area (Å²) in [4.78, 5) is 57.1. The zero-order valence-electron chi connectivity index (χ0n) is 25.5. The molecular formula is C34H33BrCl2N4O5. The van der Waals surface area contributed by atoms with Gasteiger partial charge in [-0.2, -0.15) is 0 Å². The molecule has 2 fully saturated rings. The zero-order valence-corrected chi connectivity index (χ0v) is 28.6. The first-order valence-electron chi connectivity index (χ1n) is 15.0. The van der Waals surface area contributed by atoms with Gasteiger partial charge in [0, 0.05) is 71.2 Å². The fourth-order valence-corrected chi connectivity index (χ4v) is 7.78. The summed E-state index contributed by atoms with van der Waals surface area (Å²) in [5.74, 6) is -1.07. The Morgan fingerprint density at radius 1 is 0.957 bits per heavy atom. The van der Waals surface area contributed by atoms with Crippen LogP contribution in [0.2, 0.25) is 10.0 Å². The predicted octanol–water partition coefficient (Wildman–Crippen LogP) is 5.84. The van der Waals surface area contributed by atoms with Crippen molar-refractivity contribution >= 4 is 68.4 Å². The lowest BCUT2D eigenvalue weighted by atomic mass is 9.59. The van der Waals surface area contributed by atoms with Crippen molar-refractivity contribution in [3.05, 3.63) is 91.9 Å². The number of carbonyl (C=O) groups excluding carboxylic acids is 4. The van der Waals surface area contributed by atoms with Gasteiger partial charge < -0.3 is 25.2 Å². The molecule has 46 heavy (non-hydrogen) atoms. The van der Waals surface area contributed by atoms with Crippen molar-refractivity contribution < 1.29 is 23.9 Å². The van der Waals surface area contributed by atoms with Crippen molar-refractivity contribution in [3.8, 4) is 5.75 Å². The molecule has 3 aliphatic rings. The van der Waals surface area contributed by atoms with Gasteiger partial charge in [0.2, 0.25) is 17.7 Å². The van der Waals surface area contributed by atoms with Gasteiger partial charge in [0.25, 0.3) is 5.91 Å². The molecule has 9 nitrogen and oxygen atoms in total. The van der Waals surface area contributed by atoms with Gasteiger partial charge in [-0.25, -0.2) is 0 Å². The molecule has 0 aromatic heterocycles. The van der Waals surface area contributed by atoms with Crippen LogP contribution >= 0.6 is 39.1 Å². The van der Waals surface area contributed by atoms with E-state index in [0.29, 0.717) is 63.3 Å². The first-order valence-corrected chi connectivity index (χ1v) is 16.6. The molecule has 1 spiro atoms. The van der Waals surface area contributed by atoms with Crippen LogP contribution in [-0.2, 0) is 24.6 Å². The Morgan fingerprint density at radius 2 is 1.65 bits per heavy atom. The number of rotatable bonds is 5. The maximum atomic E-state index is 14.5.